The smallest absolute Gasteiger partial charge is 0.259 e. The van der Waals surface area contributed by atoms with Gasteiger partial charge in [0.15, 0.2) is 5.75 Å². The van der Waals surface area contributed by atoms with Crippen LogP contribution < -0.4 is 10.5 Å². The number of rotatable bonds is 2. The Morgan fingerprint density at radius 2 is 2.06 bits per heavy atom. The maximum atomic E-state index is 15.5. The molecule has 2 aliphatic heterocycles. The predicted octanol–water partition coefficient (Wildman–Crippen LogP) is 4.84. The van der Waals surface area contributed by atoms with E-state index in [1.165, 1.54) is 12.1 Å². The lowest BCUT2D eigenvalue weighted by Crippen LogP contribution is -2.38. The fourth-order valence-electron chi connectivity index (χ4n) is 4.48. The van der Waals surface area contributed by atoms with Gasteiger partial charge in [-0.2, -0.15) is 5.26 Å². The van der Waals surface area contributed by atoms with E-state index in [1.807, 2.05) is 19.9 Å². The van der Waals surface area contributed by atoms with Crippen LogP contribution >= 0.6 is 22.9 Å². The average Bonchev–Trinajstić information content (AvgIpc) is 3.32. The molecular formula is C23H19ClF2N4O2S. The van der Waals surface area contributed by atoms with Crippen molar-refractivity contribution in [2.45, 2.75) is 25.9 Å². The first-order valence-electron chi connectivity index (χ1n) is 10.3. The average molecular weight is 489 g/mol. The Kier molecular flexibility index (Phi) is 5.20. The van der Waals surface area contributed by atoms with E-state index in [0.29, 0.717) is 13.2 Å². The van der Waals surface area contributed by atoms with Crippen LogP contribution in [0.5, 0.6) is 5.75 Å². The molecule has 1 fully saturated rings. The number of hydrogen-bond donors (Lipinski definition) is 1. The summed E-state index contributed by atoms with van der Waals surface area (Å²) in [5.41, 5.74) is 6.16. The summed E-state index contributed by atoms with van der Waals surface area (Å²) in [5, 5.41) is 9.80. The van der Waals surface area contributed by atoms with Crippen LogP contribution in [0.15, 0.2) is 18.2 Å². The standard InChI is InChI=1S/C23H19ClF2N4O2S/c1-10(2)29-7-11-8-32-20-13(23(31)30(11)9-29)5-16(26)18(19(20)24)12-3-4-15(25)21-17(12)14(6-27)22(28)33-21/h3-5,10-11H,7-9,28H2,1-2H3. The van der Waals surface area contributed by atoms with Crippen LogP contribution in [-0.2, 0) is 0 Å². The molecule has 1 aromatic heterocycles. The Balaban J connectivity index is 1.69. The zero-order valence-corrected chi connectivity index (χ0v) is 19.4. The van der Waals surface area contributed by atoms with Crippen LogP contribution in [0.4, 0.5) is 13.8 Å². The first kappa shape index (κ1) is 21.9. The highest BCUT2D eigenvalue weighted by Crippen LogP contribution is 2.47. The van der Waals surface area contributed by atoms with E-state index in [0.717, 1.165) is 17.4 Å². The molecule has 0 radical (unpaired) electrons. The fourth-order valence-corrected chi connectivity index (χ4v) is 5.77. The minimum absolute atomic E-state index is 0.0399. The number of benzene rings is 2. The highest BCUT2D eigenvalue weighted by molar-refractivity contribution is 7.23. The van der Waals surface area contributed by atoms with Crippen LogP contribution in [0.3, 0.4) is 0 Å². The number of nitrogen functional groups attached to an aromatic ring is 1. The number of anilines is 1. The first-order chi connectivity index (χ1) is 15.7. The molecule has 2 N–H and O–H groups in total. The SMILES string of the molecule is CC(C)N1CC2COc3c(cc(F)c(-c4ccc(F)c5sc(N)c(C#N)c45)c3Cl)C(=O)N2C1. The Morgan fingerprint density at radius 3 is 2.76 bits per heavy atom. The molecule has 6 nitrogen and oxygen atoms in total. The highest BCUT2D eigenvalue weighted by atomic mass is 35.5. The number of fused-ring (bicyclic) bond motifs is 3. The minimum atomic E-state index is -0.768. The van der Waals surface area contributed by atoms with E-state index in [4.69, 9.17) is 22.1 Å². The largest absolute Gasteiger partial charge is 0.489 e. The summed E-state index contributed by atoms with van der Waals surface area (Å²) in [4.78, 5) is 17.1. The lowest BCUT2D eigenvalue weighted by Gasteiger charge is -2.22. The molecule has 2 aromatic carbocycles. The summed E-state index contributed by atoms with van der Waals surface area (Å²) in [6.07, 6.45) is 0. The molecule has 1 saturated heterocycles. The zero-order valence-electron chi connectivity index (χ0n) is 17.8. The molecule has 1 atom stereocenters. The van der Waals surface area contributed by atoms with Gasteiger partial charge in [0.05, 0.1) is 33.6 Å². The Bertz CT molecular complexity index is 1370. The number of carbonyl (C=O) groups is 1. The van der Waals surface area contributed by atoms with Gasteiger partial charge in [-0.05, 0) is 31.5 Å². The molecule has 1 unspecified atom stereocenters. The Morgan fingerprint density at radius 1 is 1.30 bits per heavy atom. The molecule has 170 valence electrons. The van der Waals surface area contributed by atoms with Crippen molar-refractivity contribution in [3.63, 3.8) is 0 Å². The molecule has 1 amide bonds. The Hall–Kier alpha value is -2.93. The van der Waals surface area contributed by atoms with Crippen molar-refractivity contribution in [2.75, 3.05) is 25.6 Å². The van der Waals surface area contributed by atoms with E-state index in [1.54, 1.807) is 4.90 Å². The number of nitrogens with two attached hydrogens (primary N) is 1. The molecule has 33 heavy (non-hydrogen) atoms. The summed E-state index contributed by atoms with van der Waals surface area (Å²) >= 11 is 7.55. The van der Waals surface area contributed by atoms with Gasteiger partial charge in [0.2, 0.25) is 0 Å². The van der Waals surface area contributed by atoms with Crippen LogP contribution in [-0.4, -0.2) is 47.6 Å². The summed E-state index contributed by atoms with van der Waals surface area (Å²) in [5.74, 6) is -1.61. The van der Waals surface area contributed by atoms with Gasteiger partial charge in [0.1, 0.15) is 29.3 Å². The number of thiophene rings is 1. The van der Waals surface area contributed by atoms with Crippen molar-refractivity contribution in [1.29, 1.82) is 5.26 Å². The van der Waals surface area contributed by atoms with Crippen LogP contribution in [0.2, 0.25) is 5.02 Å². The zero-order chi connectivity index (χ0) is 23.6. The Labute approximate surface area is 197 Å². The van der Waals surface area contributed by atoms with E-state index in [2.05, 4.69) is 4.90 Å². The topological polar surface area (TPSA) is 82.6 Å². The highest BCUT2D eigenvalue weighted by Gasteiger charge is 2.40. The quantitative estimate of drug-likeness (QED) is 0.558. The van der Waals surface area contributed by atoms with Gasteiger partial charge in [-0.25, -0.2) is 8.78 Å². The summed E-state index contributed by atoms with van der Waals surface area (Å²) in [6.45, 7) is 5.36. The first-order valence-corrected chi connectivity index (χ1v) is 11.5. The monoisotopic (exact) mass is 488 g/mol. The molecule has 0 spiro atoms. The molecule has 0 aliphatic carbocycles. The second-order valence-electron chi connectivity index (χ2n) is 8.42. The van der Waals surface area contributed by atoms with Gasteiger partial charge in [0.25, 0.3) is 5.91 Å². The lowest BCUT2D eigenvalue weighted by atomic mass is 9.96. The number of nitriles is 1. The van der Waals surface area contributed by atoms with E-state index < -0.39 is 11.6 Å². The summed E-state index contributed by atoms with van der Waals surface area (Å²) in [7, 11) is 0. The number of ether oxygens (including phenoxy) is 1. The van der Waals surface area contributed by atoms with Crippen LogP contribution in [0, 0.1) is 23.0 Å². The van der Waals surface area contributed by atoms with Gasteiger partial charge in [-0.15, -0.1) is 11.3 Å². The lowest BCUT2D eigenvalue weighted by molar-refractivity contribution is 0.0704. The van der Waals surface area contributed by atoms with Crippen molar-refractivity contribution in [3.8, 4) is 22.9 Å². The van der Waals surface area contributed by atoms with Crippen molar-refractivity contribution in [2.24, 2.45) is 0 Å². The molecule has 0 bridgehead atoms. The fraction of sp³-hybridized carbons (Fsp3) is 0.304. The van der Waals surface area contributed by atoms with Crippen molar-refractivity contribution in [3.05, 3.63) is 46.0 Å². The maximum absolute atomic E-state index is 15.5. The van der Waals surface area contributed by atoms with Gasteiger partial charge in [0, 0.05) is 23.5 Å². The molecular weight excluding hydrogens is 470 g/mol. The van der Waals surface area contributed by atoms with Gasteiger partial charge in [-0.3, -0.25) is 9.69 Å². The third-order valence-corrected chi connectivity index (χ3v) is 7.62. The molecule has 2 aliphatic rings. The third kappa shape index (κ3) is 3.24. The molecule has 0 saturated carbocycles. The van der Waals surface area contributed by atoms with E-state index >= 15 is 4.39 Å². The number of nitrogens with zero attached hydrogens (tertiary/aromatic N) is 3. The van der Waals surface area contributed by atoms with Crippen LogP contribution in [0.1, 0.15) is 29.8 Å². The molecule has 3 heterocycles. The second-order valence-corrected chi connectivity index (χ2v) is 9.85. The molecule has 5 rings (SSSR count). The number of amides is 1. The number of halogens is 3. The summed E-state index contributed by atoms with van der Waals surface area (Å²) < 4.78 is 36.1. The van der Waals surface area contributed by atoms with Crippen LogP contribution in [0.25, 0.3) is 21.2 Å². The number of carbonyl (C=O) groups excluding carboxylic acids is 1. The molecule has 10 heteroatoms. The summed E-state index contributed by atoms with van der Waals surface area (Å²) in [6, 6.07) is 5.68. The van der Waals surface area contributed by atoms with Gasteiger partial charge >= 0.3 is 0 Å². The minimum Gasteiger partial charge on any atom is -0.489 e. The van der Waals surface area contributed by atoms with Crippen molar-refractivity contribution >= 4 is 43.9 Å². The van der Waals surface area contributed by atoms with Crippen molar-refractivity contribution in [1.82, 2.24) is 9.80 Å². The third-order valence-electron chi connectivity index (χ3n) is 6.23. The van der Waals surface area contributed by atoms with E-state index in [-0.39, 0.29) is 72.7 Å². The normalized spacial score (nSPS) is 18.3. The van der Waals surface area contributed by atoms with Crippen molar-refractivity contribution < 1.29 is 18.3 Å². The predicted molar refractivity (Wildman–Crippen MR) is 123 cm³/mol. The molecule has 3 aromatic rings. The number of hydrogen-bond acceptors (Lipinski definition) is 6. The second kappa shape index (κ2) is 7.83. The maximum Gasteiger partial charge on any atom is 0.259 e. The van der Waals surface area contributed by atoms with Gasteiger partial charge in [-0.1, -0.05) is 17.7 Å². The van der Waals surface area contributed by atoms with E-state index in [9.17, 15) is 14.4 Å². The van der Waals surface area contributed by atoms with Gasteiger partial charge < -0.3 is 15.4 Å².